The number of rotatable bonds is 3. The highest BCUT2D eigenvalue weighted by Gasteiger charge is 2.27. The number of nitrogens with one attached hydrogen (secondary N) is 1. The molecule has 0 saturated heterocycles. The van der Waals surface area contributed by atoms with Crippen LogP contribution in [0, 0.1) is 0 Å². The molecular formula is C14H17NS3. The van der Waals surface area contributed by atoms with Crippen molar-refractivity contribution in [1.29, 1.82) is 0 Å². The first-order chi connectivity index (χ1) is 8.74. The first kappa shape index (κ1) is 12.7. The minimum atomic E-state index is 0.435. The highest BCUT2D eigenvalue weighted by molar-refractivity contribution is 8.01. The van der Waals surface area contributed by atoms with Crippen LogP contribution in [0.4, 0.5) is 0 Å². The van der Waals surface area contributed by atoms with Gasteiger partial charge in [-0.1, -0.05) is 6.92 Å². The molecule has 3 heterocycles. The molecule has 0 aromatic carbocycles. The predicted octanol–water partition coefficient (Wildman–Crippen LogP) is 5.09. The van der Waals surface area contributed by atoms with Crippen LogP contribution in [0.3, 0.4) is 0 Å². The number of thiophene rings is 2. The van der Waals surface area contributed by atoms with Gasteiger partial charge in [-0.15, -0.1) is 23.1 Å². The summed E-state index contributed by atoms with van der Waals surface area (Å²) in [6.45, 7) is 4.60. The Hall–Kier alpha value is -0.290. The maximum Gasteiger partial charge on any atom is 0.0649 e. The van der Waals surface area contributed by atoms with E-state index in [0.29, 0.717) is 17.3 Å². The molecule has 2 aromatic rings. The predicted molar refractivity (Wildman–Crippen MR) is 82.9 cm³/mol. The number of hydrogen-bond acceptors (Lipinski definition) is 4. The summed E-state index contributed by atoms with van der Waals surface area (Å²) in [4.78, 5) is 0. The highest BCUT2D eigenvalue weighted by Crippen LogP contribution is 2.44. The van der Waals surface area contributed by atoms with Crippen molar-refractivity contribution in [3.63, 3.8) is 0 Å². The van der Waals surface area contributed by atoms with E-state index in [9.17, 15) is 0 Å². The van der Waals surface area contributed by atoms with Gasteiger partial charge in [0.2, 0.25) is 0 Å². The van der Waals surface area contributed by atoms with Gasteiger partial charge in [0.1, 0.15) is 0 Å². The van der Waals surface area contributed by atoms with E-state index in [1.54, 1.807) is 11.3 Å². The molecule has 3 rings (SSSR count). The molecular weight excluding hydrogens is 278 g/mol. The van der Waals surface area contributed by atoms with Gasteiger partial charge < -0.3 is 5.32 Å². The van der Waals surface area contributed by atoms with Crippen molar-refractivity contribution in [2.45, 2.75) is 41.8 Å². The summed E-state index contributed by atoms with van der Waals surface area (Å²) in [6, 6.07) is 5.45. The Kier molecular flexibility index (Phi) is 3.80. The van der Waals surface area contributed by atoms with Gasteiger partial charge in [0.25, 0.3) is 0 Å². The van der Waals surface area contributed by atoms with Crippen molar-refractivity contribution in [1.82, 2.24) is 5.32 Å². The minimum absolute atomic E-state index is 0.435. The van der Waals surface area contributed by atoms with Crippen LogP contribution in [-0.4, -0.2) is 5.25 Å². The molecule has 1 aliphatic rings. The second-order valence-electron chi connectivity index (χ2n) is 4.83. The van der Waals surface area contributed by atoms with Gasteiger partial charge in [0, 0.05) is 17.3 Å². The zero-order valence-corrected chi connectivity index (χ0v) is 13.0. The summed E-state index contributed by atoms with van der Waals surface area (Å²) < 4.78 is 1.50. The summed E-state index contributed by atoms with van der Waals surface area (Å²) in [5.41, 5.74) is 2.91. The molecule has 3 atom stereocenters. The van der Waals surface area contributed by atoms with Crippen LogP contribution in [0.25, 0.3) is 0 Å². The van der Waals surface area contributed by atoms with Crippen LogP contribution < -0.4 is 5.32 Å². The van der Waals surface area contributed by atoms with Gasteiger partial charge >= 0.3 is 0 Å². The quantitative estimate of drug-likeness (QED) is 0.847. The molecule has 0 radical (unpaired) electrons. The van der Waals surface area contributed by atoms with Crippen molar-refractivity contribution in [2.24, 2.45) is 0 Å². The third kappa shape index (κ3) is 2.52. The molecule has 0 fully saturated rings. The van der Waals surface area contributed by atoms with E-state index < -0.39 is 0 Å². The molecule has 1 N–H and O–H groups in total. The van der Waals surface area contributed by atoms with Gasteiger partial charge in [0.05, 0.1) is 4.21 Å². The molecule has 2 aromatic heterocycles. The maximum absolute atomic E-state index is 3.79. The molecule has 0 aliphatic carbocycles. The van der Waals surface area contributed by atoms with E-state index in [0.717, 1.165) is 0 Å². The molecule has 4 heteroatoms. The Balaban J connectivity index is 1.78. The van der Waals surface area contributed by atoms with E-state index in [1.807, 2.05) is 23.1 Å². The Morgan fingerprint density at radius 3 is 3.00 bits per heavy atom. The monoisotopic (exact) mass is 295 g/mol. The van der Waals surface area contributed by atoms with Crippen molar-refractivity contribution < 1.29 is 0 Å². The topological polar surface area (TPSA) is 12.0 Å². The van der Waals surface area contributed by atoms with Crippen LogP contribution in [0.15, 0.2) is 32.5 Å². The molecule has 96 valence electrons. The van der Waals surface area contributed by atoms with Crippen LogP contribution >= 0.6 is 34.4 Å². The summed E-state index contributed by atoms with van der Waals surface area (Å²) >= 11 is 5.69. The van der Waals surface area contributed by atoms with E-state index in [1.165, 1.54) is 21.8 Å². The first-order valence-electron chi connectivity index (χ1n) is 6.26. The highest BCUT2D eigenvalue weighted by atomic mass is 32.2. The standard InChI is InChI=1S/C14H17NS3/c1-9-7-13(12-4-6-17-14(12)18-9)15-10(2)11-3-5-16-8-11/h3-6,8-10,13,15H,7H2,1-2H3/t9-,10?,13?/m0/s1. The lowest BCUT2D eigenvalue weighted by molar-refractivity contribution is 0.436. The lowest BCUT2D eigenvalue weighted by atomic mass is 10.0. The fourth-order valence-electron chi connectivity index (χ4n) is 2.43. The van der Waals surface area contributed by atoms with Crippen LogP contribution in [0.2, 0.25) is 0 Å². The summed E-state index contributed by atoms with van der Waals surface area (Å²) in [5.74, 6) is 0. The van der Waals surface area contributed by atoms with Crippen LogP contribution in [0.5, 0.6) is 0 Å². The average molecular weight is 295 g/mol. The first-order valence-corrected chi connectivity index (χ1v) is 8.96. The molecule has 0 amide bonds. The van der Waals surface area contributed by atoms with Crippen molar-refractivity contribution >= 4 is 34.4 Å². The zero-order valence-electron chi connectivity index (χ0n) is 10.6. The number of thioether (sulfide) groups is 1. The molecule has 1 nitrogen and oxygen atoms in total. The van der Waals surface area contributed by atoms with Gasteiger partial charge in [-0.2, -0.15) is 11.3 Å². The van der Waals surface area contributed by atoms with E-state index in [2.05, 4.69) is 47.4 Å². The average Bonchev–Trinajstić information content (AvgIpc) is 2.98. The largest absolute Gasteiger partial charge is 0.303 e. The normalized spacial score (nSPS) is 24.8. The molecule has 2 unspecified atom stereocenters. The second kappa shape index (κ2) is 5.37. The summed E-state index contributed by atoms with van der Waals surface area (Å²) in [6.07, 6.45) is 1.23. The molecule has 0 bridgehead atoms. The van der Waals surface area contributed by atoms with E-state index >= 15 is 0 Å². The third-order valence-electron chi connectivity index (χ3n) is 3.40. The van der Waals surface area contributed by atoms with Crippen molar-refractivity contribution in [3.05, 3.63) is 39.4 Å². The maximum atomic E-state index is 3.79. The van der Waals surface area contributed by atoms with Gasteiger partial charge in [-0.05, 0) is 52.7 Å². The number of hydrogen-bond donors (Lipinski definition) is 1. The zero-order chi connectivity index (χ0) is 12.5. The minimum Gasteiger partial charge on any atom is -0.303 e. The molecule has 1 aliphatic heterocycles. The Labute approximate surface area is 121 Å². The molecule has 0 saturated carbocycles. The Bertz CT molecular complexity index is 503. The Morgan fingerprint density at radius 2 is 2.22 bits per heavy atom. The SMILES string of the molecule is CC(NC1C[C@H](C)Sc2sccc21)c1ccsc1. The van der Waals surface area contributed by atoms with Gasteiger partial charge in [0.15, 0.2) is 0 Å². The summed E-state index contributed by atoms with van der Waals surface area (Å²) in [5, 5.41) is 11.1. The lowest BCUT2D eigenvalue weighted by Gasteiger charge is -2.30. The third-order valence-corrected chi connectivity index (χ3v) is 6.45. The lowest BCUT2D eigenvalue weighted by Crippen LogP contribution is -2.28. The van der Waals surface area contributed by atoms with Crippen LogP contribution in [-0.2, 0) is 0 Å². The molecule has 0 spiro atoms. The summed E-state index contributed by atoms with van der Waals surface area (Å²) in [7, 11) is 0. The Morgan fingerprint density at radius 1 is 1.33 bits per heavy atom. The smallest absolute Gasteiger partial charge is 0.0649 e. The second-order valence-corrected chi connectivity index (χ2v) is 8.23. The van der Waals surface area contributed by atoms with Crippen molar-refractivity contribution in [2.75, 3.05) is 0 Å². The van der Waals surface area contributed by atoms with Gasteiger partial charge in [-0.3, -0.25) is 0 Å². The van der Waals surface area contributed by atoms with E-state index in [4.69, 9.17) is 0 Å². The van der Waals surface area contributed by atoms with Crippen LogP contribution in [0.1, 0.15) is 43.5 Å². The van der Waals surface area contributed by atoms with E-state index in [-0.39, 0.29) is 0 Å². The van der Waals surface area contributed by atoms with Crippen molar-refractivity contribution in [3.8, 4) is 0 Å². The number of fused-ring (bicyclic) bond motifs is 1. The molecule has 18 heavy (non-hydrogen) atoms. The fraction of sp³-hybridized carbons (Fsp3) is 0.429. The van der Waals surface area contributed by atoms with Gasteiger partial charge in [-0.25, -0.2) is 0 Å². The fourth-order valence-corrected chi connectivity index (χ4v) is 5.75.